The predicted molar refractivity (Wildman–Crippen MR) is 181 cm³/mol. The fourth-order valence-corrected chi connectivity index (χ4v) is 9.40. The summed E-state index contributed by atoms with van der Waals surface area (Å²) in [6.45, 7) is 4.53. The van der Waals surface area contributed by atoms with Gasteiger partial charge in [-0.3, -0.25) is 4.79 Å². The lowest BCUT2D eigenvalue weighted by Gasteiger charge is -2.28. The summed E-state index contributed by atoms with van der Waals surface area (Å²) >= 11 is 3.85. The third-order valence-electron chi connectivity index (χ3n) is 9.13. The van der Waals surface area contributed by atoms with Gasteiger partial charge in [-0.05, 0) is 73.8 Å². The normalized spacial score (nSPS) is 22.6. The number of nitrogens with zero attached hydrogens (tertiary/aromatic N) is 2. The fourth-order valence-electron chi connectivity index (χ4n) is 6.33. The van der Waals surface area contributed by atoms with E-state index in [-0.39, 0.29) is 11.9 Å². The van der Waals surface area contributed by atoms with E-state index in [0.29, 0.717) is 16.2 Å². The molecule has 0 atom stereocenters. The molecule has 0 amide bonds. The quantitative estimate of drug-likeness (QED) is 0.101. The van der Waals surface area contributed by atoms with E-state index in [2.05, 4.69) is 13.8 Å². The highest BCUT2D eigenvalue weighted by Gasteiger charge is 2.28. The highest BCUT2D eigenvalue weighted by Crippen LogP contribution is 2.39. The monoisotopic (exact) mass is 610 g/mol. The molecule has 42 heavy (non-hydrogen) atoms. The molecule has 1 saturated heterocycles. The maximum atomic E-state index is 12.7. The highest BCUT2D eigenvalue weighted by atomic mass is 32.2. The molecule has 1 saturated carbocycles. The van der Waals surface area contributed by atoms with E-state index in [9.17, 15) is 4.79 Å². The molecule has 4 nitrogen and oxygen atoms in total. The van der Waals surface area contributed by atoms with Crippen LogP contribution in [0.5, 0.6) is 5.75 Å². The number of ether oxygens (including phenoxy) is 1. The van der Waals surface area contributed by atoms with E-state index >= 15 is 0 Å². The zero-order chi connectivity index (χ0) is 29.4. The molecule has 6 heteroatoms. The molecule has 232 valence electrons. The number of rotatable bonds is 17. The van der Waals surface area contributed by atoms with Crippen LogP contribution in [0.1, 0.15) is 134 Å². The maximum absolute atomic E-state index is 12.7. The Morgan fingerprint density at radius 1 is 0.762 bits per heavy atom. The molecular formula is C36H54N2O2S2. The van der Waals surface area contributed by atoms with Gasteiger partial charge in [-0.15, -0.1) is 23.5 Å². The molecule has 1 aliphatic carbocycles. The van der Waals surface area contributed by atoms with Crippen molar-refractivity contribution in [3.63, 3.8) is 0 Å². The highest BCUT2D eigenvalue weighted by molar-refractivity contribution is 8.17. The van der Waals surface area contributed by atoms with Crippen molar-refractivity contribution in [1.29, 1.82) is 0 Å². The lowest BCUT2D eigenvalue weighted by Crippen LogP contribution is -2.29. The van der Waals surface area contributed by atoms with Crippen LogP contribution in [0.2, 0.25) is 0 Å². The van der Waals surface area contributed by atoms with Crippen molar-refractivity contribution in [2.24, 2.45) is 11.8 Å². The Morgan fingerprint density at radius 2 is 1.33 bits per heavy atom. The van der Waals surface area contributed by atoms with Crippen LogP contribution in [-0.4, -0.2) is 32.0 Å². The second-order valence-electron chi connectivity index (χ2n) is 12.6. The summed E-state index contributed by atoms with van der Waals surface area (Å²) in [5.74, 6) is 4.43. The zero-order valence-corrected chi connectivity index (χ0v) is 27.9. The Morgan fingerprint density at radius 3 is 1.98 bits per heavy atom. The molecule has 0 spiro atoms. The number of carbonyl (C=O) groups excluding carboxylic acids is 1. The first-order valence-corrected chi connectivity index (χ1v) is 19.1. The van der Waals surface area contributed by atoms with Crippen molar-refractivity contribution in [1.82, 2.24) is 9.97 Å². The van der Waals surface area contributed by atoms with Crippen molar-refractivity contribution in [3.05, 3.63) is 42.2 Å². The van der Waals surface area contributed by atoms with Gasteiger partial charge in [-0.2, -0.15) is 0 Å². The van der Waals surface area contributed by atoms with Crippen LogP contribution in [0.4, 0.5) is 0 Å². The van der Waals surface area contributed by atoms with Crippen LogP contribution >= 0.6 is 23.5 Å². The Kier molecular flexibility index (Phi) is 15.1. The molecule has 2 fully saturated rings. The Bertz CT molecular complexity index is 1010. The van der Waals surface area contributed by atoms with Gasteiger partial charge >= 0.3 is 5.97 Å². The molecule has 4 rings (SSSR count). The SMILES string of the molecule is CCCCCCCCCC[C@H]1CC[C@H](c2cnc(-c3ccc(OC(=O)C4CSC(CCCCC)SC4)cc3)nc2)CC1. The molecule has 2 aromatic rings. The van der Waals surface area contributed by atoms with Crippen molar-refractivity contribution >= 4 is 29.5 Å². The van der Waals surface area contributed by atoms with Gasteiger partial charge in [0.2, 0.25) is 0 Å². The third-order valence-corrected chi connectivity index (χ3v) is 12.4. The van der Waals surface area contributed by atoms with Gasteiger partial charge in [0.25, 0.3) is 0 Å². The van der Waals surface area contributed by atoms with Gasteiger partial charge in [0.05, 0.1) is 10.5 Å². The van der Waals surface area contributed by atoms with E-state index in [0.717, 1.165) is 28.8 Å². The van der Waals surface area contributed by atoms with Crippen molar-refractivity contribution in [3.8, 4) is 17.1 Å². The average molecular weight is 611 g/mol. The summed E-state index contributed by atoms with van der Waals surface area (Å²) in [5, 5.41) is 0. The first-order valence-electron chi connectivity index (χ1n) is 17.0. The molecule has 0 bridgehead atoms. The third kappa shape index (κ3) is 11.2. The first-order chi connectivity index (χ1) is 20.7. The number of aromatic nitrogens is 2. The number of hydrogen-bond acceptors (Lipinski definition) is 6. The van der Waals surface area contributed by atoms with Crippen LogP contribution in [0.25, 0.3) is 11.4 Å². The van der Waals surface area contributed by atoms with Gasteiger partial charge in [-0.1, -0.05) is 90.9 Å². The van der Waals surface area contributed by atoms with Crippen LogP contribution in [0.3, 0.4) is 0 Å². The molecular weight excluding hydrogens is 557 g/mol. The van der Waals surface area contributed by atoms with Gasteiger partial charge in [0, 0.05) is 29.5 Å². The van der Waals surface area contributed by atoms with Gasteiger partial charge < -0.3 is 4.74 Å². The lowest BCUT2D eigenvalue weighted by molar-refractivity contribution is -0.137. The minimum atomic E-state index is -0.108. The van der Waals surface area contributed by atoms with E-state index in [1.54, 1.807) is 0 Å². The van der Waals surface area contributed by atoms with Crippen LogP contribution in [0, 0.1) is 11.8 Å². The molecule has 0 radical (unpaired) electrons. The van der Waals surface area contributed by atoms with Crippen LogP contribution in [-0.2, 0) is 4.79 Å². The Hall–Kier alpha value is -1.53. The predicted octanol–water partition coefficient (Wildman–Crippen LogP) is 10.9. The average Bonchev–Trinajstić information content (AvgIpc) is 3.03. The number of thioether (sulfide) groups is 2. The van der Waals surface area contributed by atoms with Crippen LogP contribution < -0.4 is 4.74 Å². The molecule has 2 heterocycles. The number of carbonyl (C=O) groups is 1. The van der Waals surface area contributed by atoms with E-state index in [1.807, 2.05) is 60.2 Å². The van der Waals surface area contributed by atoms with E-state index in [4.69, 9.17) is 14.7 Å². The topological polar surface area (TPSA) is 52.1 Å². The Labute approximate surface area is 264 Å². The molecule has 1 aromatic carbocycles. The van der Waals surface area contributed by atoms with Crippen molar-refractivity contribution < 1.29 is 9.53 Å². The molecule has 0 N–H and O–H groups in total. The van der Waals surface area contributed by atoms with E-state index in [1.165, 1.54) is 115 Å². The zero-order valence-electron chi connectivity index (χ0n) is 26.2. The molecule has 0 unspecified atom stereocenters. The summed E-state index contributed by atoms with van der Waals surface area (Å²) in [6.07, 6.45) is 27.1. The van der Waals surface area contributed by atoms with E-state index < -0.39 is 0 Å². The fraction of sp³-hybridized carbons (Fsp3) is 0.694. The smallest absolute Gasteiger partial charge is 0.316 e. The lowest BCUT2D eigenvalue weighted by atomic mass is 9.77. The summed E-state index contributed by atoms with van der Waals surface area (Å²) in [5.41, 5.74) is 2.24. The van der Waals surface area contributed by atoms with Gasteiger partial charge in [0.1, 0.15) is 5.75 Å². The van der Waals surface area contributed by atoms with Gasteiger partial charge in [0.15, 0.2) is 5.82 Å². The number of esters is 1. The molecule has 1 aromatic heterocycles. The minimum Gasteiger partial charge on any atom is -0.426 e. The van der Waals surface area contributed by atoms with Crippen LogP contribution in [0.15, 0.2) is 36.7 Å². The number of unbranched alkanes of at least 4 members (excludes halogenated alkanes) is 9. The summed E-state index contributed by atoms with van der Waals surface area (Å²) < 4.78 is 6.36. The van der Waals surface area contributed by atoms with Gasteiger partial charge in [-0.25, -0.2) is 9.97 Å². The molecule has 2 aliphatic rings. The Balaban J connectivity index is 1.14. The number of benzene rings is 1. The molecule has 1 aliphatic heterocycles. The largest absolute Gasteiger partial charge is 0.426 e. The second kappa shape index (κ2) is 19.0. The minimum absolute atomic E-state index is 0.0295. The number of hydrogen-bond donors (Lipinski definition) is 0. The van der Waals surface area contributed by atoms with Crippen molar-refractivity contribution in [2.75, 3.05) is 11.5 Å². The van der Waals surface area contributed by atoms with Crippen molar-refractivity contribution in [2.45, 2.75) is 134 Å². The summed E-state index contributed by atoms with van der Waals surface area (Å²) in [7, 11) is 0. The first kappa shape index (κ1) is 33.4. The summed E-state index contributed by atoms with van der Waals surface area (Å²) in [6, 6.07) is 7.66. The maximum Gasteiger partial charge on any atom is 0.316 e. The summed E-state index contributed by atoms with van der Waals surface area (Å²) in [4.78, 5) is 22.2. The second-order valence-corrected chi connectivity index (χ2v) is 15.3. The standard InChI is InChI=1S/C36H54N2O2S2/c1-3-5-7-8-9-10-11-13-14-28-16-18-29(19-17-28)31-24-37-35(38-25-31)30-20-22-33(23-21-30)40-36(39)32-26-41-34(42-27-32)15-12-6-4-2/h20-25,28-29,32,34H,3-19,26-27H2,1-2H3/t28-,29-,32?,34?.